The van der Waals surface area contributed by atoms with Crippen LogP contribution in [0.25, 0.3) is 0 Å². The van der Waals surface area contributed by atoms with E-state index >= 15 is 0 Å². The molecule has 126 valence electrons. The molecule has 1 aromatic carbocycles. The summed E-state index contributed by atoms with van der Waals surface area (Å²) in [6, 6.07) is 13.7. The molecule has 1 aromatic heterocycles. The van der Waals surface area contributed by atoms with E-state index in [4.69, 9.17) is 0 Å². The van der Waals surface area contributed by atoms with Gasteiger partial charge in [-0.1, -0.05) is 30.3 Å². The molecule has 5 heteroatoms. The third kappa shape index (κ3) is 4.19. The molecule has 0 spiro atoms. The number of amides is 1. The molecule has 5 nitrogen and oxygen atoms in total. The minimum absolute atomic E-state index is 0.0579. The first kappa shape index (κ1) is 16.6. The van der Waals surface area contributed by atoms with Gasteiger partial charge in [0.05, 0.1) is 0 Å². The summed E-state index contributed by atoms with van der Waals surface area (Å²) < 4.78 is 0. The van der Waals surface area contributed by atoms with Crippen molar-refractivity contribution in [2.75, 3.05) is 33.2 Å². The van der Waals surface area contributed by atoms with E-state index in [9.17, 15) is 4.79 Å². The van der Waals surface area contributed by atoms with Crippen molar-refractivity contribution in [3.63, 3.8) is 0 Å². The number of likely N-dealkylation sites (N-methyl/N-ethyl adjacent to an activating group) is 1. The second-order valence-electron chi connectivity index (χ2n) is 6.23. The molecule has 0 radical (unpaired) electrons. The molecule has 2 aromatic rings. The van der Waals surface area contributed by atoms with E-state index in [2.05, 4.69) is 27.1 Å². The summed E-state index contributed by atoms with van der Waals surface area (Å²) in [7, 11) is 2.12. The van der Waals surface area contributed by atoms with E-state index in [1.807, 2.05) is 42.5 Å². The number of pyridine rings is 1. The van der Waals surface area contributed by atoms with Crippen molar-refractivity contribution in [2.45, 2.75) is 12.6 Å². The number of carbonyl (C=O) groups is 1. The average Bonchev–Trinajstić information content (AvgIpc) is 2.64. The molecule has 1 atom stereocenters. The van der Waals surface area contributed by atoms with Crippen LogP contribution >= 0.6 is 0 Å². The van der Waals surface area contributed by atoms with E-state index in [0.717, 1.165) is 37.3 Å². The van der Waals surface area contributed by atoms with Crippen molar-refractivity contribution < 1.29 is 4.79 Å². The van der Waals surface area contributed by atoms with Crippen molar-refractivity contribution in [1.82, 2.24) is 20.1 Å². The zero-order chi connectivity index (χ0) is 16.8. The fourth-order valence-corrected chi connectivity index (χ4v) is 3.03. The third-order valence-electron chi connectivity index (χ3n) is 4.48. The number of rotatable bonds is 5. The smallest absolute Gasteiger partial charge is 0.242 e. The van der Waals surface area contributed by atoms with Gasteiger partial charge in [-0.25, -0.2) is 0 Å². The third-order valence-corrected chi connectivity index (χ3v) is 4.48. The summed E-state index contributed by atoms with van der Waals surface area (Å²) in [5.41, 5.74) is 2.11. The number of carbonyl (C=O) groups excluding carboxylic acids is 1. The molecule has 0 saturated carbocycles. The molecule has 1 aliphatic heterocycles. The maximum Gasteiger partial charge on any atom is 0.242 e. The van der Waals surface area contributed by atoms with Gasteiger partial charge >= 0.3 is 0 Å². The number of benzene rings is 1. The minimum Gasteiger partial charge on any atom is -0.350 e. The Bertz CT molecular complexity index is 639. The summed E-state index contributed by atoms with van der Waals surface area (Å²) in [4.78, 5) is 21.5. The number of nitrogens with one attached hydrogen (secondary N) is 1. The van der Waals surface area contributed by atoms with Gasteiger partial charge in [-0.15, -0.1) is 0 Å². The summed E-state index contributed by atoms with van der Waals surface area (Å²) in [6.07, 6.45) is 3.49. The molecule has 2 heterocycles. The molecule has 1 unspecified atom stereocenters. The monoisotopic (exact) mass is 324 g/mol. The van der Waals surface area contributed by atoms with Gasteiger partial charge in [0.15, 0.2) is 0 Å². The number of hydrogen-bond donors (Lipinski definition) is 1. The van der Waals surface area contributed by atoms with Gasteiger partial charge in [0.25, 0.3) is 0 Å². The Kier molecular flexibility index (Phi) is 5.56. The number of aromatic nitrogens is 1. The van der Waals surface area contributed by atoms with E-state index < -0.39 is 0 Å². The van der Waals surface area contributed by atoms with Crippen LogP contribution < -0.4 is 5.32 Å². The molecule has 3 rings (SSSR count). The quantitative estimate of drug-likeness (QED) is 0.909. The summed E-state index contributed by atoms with van der Waals surface area (Å²) in [5.74, 6) is 0.0579. The van der Waals surface area contributed by atoms with Crippen LogP contribution in [0.3, 0.4) is 0 Å². The molecule has 1 saturated heterocycles. The molecule has 0 aliphatic carbocycles. The Labute approximate surface area is 143 Å². The van der Waals surface area contributed by atoms with Crippen molar-refractivity contribution in [3.8, 4) is 0 Å². The summed E-state index contributed by atoms with van der Waals surface area (Å²) >= 11 is 0. The zero-order valence-electron chi connectivity index (χ0n) is 14.1. The lowest BCUT2D eigenvalue weighted by molar-refractivity contribution is -0.127. The van der Waals surface area contributed by atoms with Crippen molar-refractivity contribution >= 4 is 5.91 Å². The molecule has 0 bridgehead atoms. The molecular weight excluding hydrogens is 300 g/mol. The first-order valence-corrected chi connectivity index (χ1v) is 8.38. The van der Waals surface area contributed by atoms with Crippen LogP contribution in [0.1, 0.15) is 17.2 Å². The van der Waals surface area contributed by atoms with Crippen molar-refractivity contribution in [3.05, 3.63) is 66.0 Å². The Balaban J connectivity index is 1.72. The zero-order valence-corrected chi connectivity index (χ0v) is 14.1. The molecule has 1 aliphatic rings. The van der Waals surface area contributed by atoms with E-state index in [-0.39, 0.29) is 11.9 Å². The van der Waals surface area contributed by atoms with Crippen LogP contribution in [0, 0.1) is 0 Å². The lowest BCUT2D eigenvalue weighted by Crippen LogP contribution is -2.49. The van der Waals surface area contributed by atoms with Gasteiger partial charge in [-0.3, -0.25) is 14.7 Å². The fourth-order valence-electron chi connectivity index (χ4n) is 3.03. The largest absolute Gasteiger partial charge is 0.350 e. The molecule has 24 heavy (non-hydrogen) atoms. The van der Waals surface area contributed by atoms with Crippen LogP contribution in [0.4, 0.5) is 0 Å². The van der Waals surface area contributed by atoms with E-state index in [1.165, 1.54) is 0 Å². The Hall–Kier alpha value is -2.24. The maximum absolute atomic E-state index is 12.9. The molecule has 1 amide bonds. The average molecular weight is 324 g/mol. The van der Waals surface area contributed by atoms with Crippen LogP contribution in [0.5, 0.6) is 0 Å². The number of piperazine rings is 1. The lowest BCUT2D eigenvalue weighted by Gasteiger charge is -2.37. The van der Waals surface area contributed by atoms with Gasteiger partial charge in [0, 0.05) is 45.1 Å². The van der Waals surface area contributed by atoms with Gasteiger partial charge in [-0.05, 0) is 30.3 Å². The Morgan fingerprint density at radius 3 is 2.42 bits per heavy atom. The minimum atomic E-state index is -0.235. The van der Waals surface area contributed by atoms with Crippen LogP contribution in [-0.4, -0.2) is 53.9 Å². The number of hydrogen-bond acceptors (Lipinski definition) is 4. The molecular formula is C19H24N4O. The highest BCUT2D eigenvalue weighted by Gasteiger charge is 2.29. The van der Waals surface area contributed by atoms with Crippen molar-refractivity contribution in [1.29, 1.82) is 0 Å². The lowest BCUT2D eigenvalue weighted by atomic mass is 10.0. The molecule has 1 N–H and O–H groups in total. The van der Waals surface area contributed by atoms with Crippen LogP contribution in [0.15, 0.2) is 54.9 Å². The first-order chi connectivity index (χ1) is 11.7. The summed E-state index contributed by atoms with van der Waals surface area (Å²) in [6.45, 7) is 4.30. The second kappa shape index (κ2) is 8.04. The maximum atomic E-state index is 12.9. The number of nitrogens with zero attached hydrogens (tertiary/aromatic N) is 3. The van der Waals surface area contributed by atoms with Crippen LogP contribution in [0.2, 0.25) is 0 Å². The van der Waals surface area contributed by atoms with Crippen LogP contribution in [-0.2, 0) is 11.3 Å². The standard InChI is InChI=1S/C19H24N4O/c1-22-11-13-23(14-12-22)18(17-5-3-2-4-6-17)19(24)21-15-16-7-9-20-10-8-16/h2-10,18H,11-15H2,1H3,(H,21,24). The van der Waals surface area contributed by atoms with Gasteiger partial charge in [0.1, 0.15) is 6.04 Å². The van der Waals surface area contributed by atoms with Crippen molar-refractivity contribution in [2.24, 2.45) is 0 Å². The summed E-state index contributed by atoms with van der Waals surface area (Å²) in [5, 5.41) is 3.08. The topological polar surface area (TPSA) is 48.5 Å². The highest BCUT2D eigenvalue weighted by Crippen LogP contribution is 2.22. The van der Waals surface area contributed by atoms with Gasteiger partial charge in [-0.2, -0.15) is 0 Å². The normalized spacial score (nSPS) is 17.4. The Morgan fingerprint density at radius 2 is 1.75 bits per heavy atom. The van der Waals surface area contributed by atoms with Gasteiger partial charge in [0.2, 0.25) is 5.91 Å². The Morgan fingerprint density at radius 1 is 1.08 bits per heavy atom. The second-order valence-corrected chi connectivity index (χ2v) is 6.23. The SMILES string of the molecule is CN1CCN(C(C(=O)NCc2ccncc2)c2ccccc2)CC1. The first-order valence-electron chi connectivity index (χ1n) is 8.38. The molecule has 1 fully saturated rings. The van der Waals surface area contributed by atoms with Gasteiger partial charge < -0.3 is 10.2 Å². The van der Waals surface area contributed by atoms with E-state index in [0.29, 0.717) is 6.54 Å². The highest BCUT2D eigenvalue weighted by atomic mass is 16.2. The fraction of sp³-hybridized carbons (Fsp3) is 0.368. The van der Waals surface area contributed by atoms with E-state index in [1.54, 1.807) is 12.4 Å². The predicted molar refractivity (Wildman–Crippen MR) is 94.3 cm³/mol. The highest BCUT2D eigenvalue weighted by molar-refractivity contribution is 5.83. The predicted octanol–water partition coefficient (Wildman–Crippen LogP) is 1.69.